The summed E-state index contributed by atoms with van der Waals surface area (Å²) in [7, 11) is 0. The Morgan fingerprint density at radius 1 is 1.12 bits per heavy atom. The smallest absolute Gasteiger partial charge is 0.232 e. The van der Waals surface area contributed by atoms with Gasteiger partial charge in [0.15, 0.2) is 0 Å². The molecule has 1 atom stereocenters. The van der Waals surface area contributed by atoms with Gasteiger partial charge in [0.05, 0.1) is 5.92 Å². The number of amides is 2. The van der Waals surface area contributed by atoms with Crippen molar-refractivity contribution < 1.29 is 9.59 Å². The predicted octanol–water partition coefficient (Wildman–Crippen LogP) is 3.96. The lowest BCUT2D eigenvalue weighted by Crippen LogP contribution is -2.37. The van der Waals surface area contributed by atoms with Crippen LogP contribution in [0.2, 0.25) is 0 Å². The second-order valence-electron chi connectivity index (χ2n) is 6.79. The molecule has 0 saturated carbocycles. The SMILES string of the molecule is CCc1ccc(N2C[C@H](C(=O)N(CC)c3ccccc3C)CC2=O)cc1. The fraction of sp³-hybridized carbons (Fsp3) is 0.364. The van der Waals surface area contributed by atoms with Gasteiger partial charge in [0, 0.05) is 30.9 Å². The summed E-state index contributed by atoms with van der Waals surface area (Å²) in [5.41, 5.74) is 4.11. The fourth-order valence-corrected chi connectivity index (χ4v) is 3.57. The second-order valence-corrected chi connectivity index (χ2v) is 6.79. The van der Waals surface area contributed by atoms with Gasteiger partial charge < -0.3 is 9.80 Å². The quantitative estimate of drug-likeness (QED) is 0.819. The summed E-state index contributed by atoms with van der Waals surface area (Å²) >= 11 is 0. The Kier molecular flexibility index (Phi) is 5.40. The number of hydrogen-bond donors (Lipinski definition) is 0. The minimum atomic E-state index is -0.298. The van der Waals surface area contributed by atoms with Crippen molar-refractivity contribution >= 4 is 23.2 Å². The number of aryl methyl sites for hydroxylation is 2. The largest absolute Gasteiger partial charge is 0.312 e. The average molecular weight is 350 g/mol. The molecular formula is C22H26N2O2. The minimum absolute atomic E-state index is 0.0217. The second kappa shape index (κ2) is 7.73. The van der Waals surface area contributed by atoms with E-state index in [2.05, 4.69) is 6.92 Å². The minimum Gasteiger partial charge on any atom is -0.312 e. The molecule has 0 aliphatic carbocycles. The van der Waals surface area contributed by atoms with Crippen LogP contribution in [0.4, 0.5) is 11.4 Å². The number of anilines is 2. The number of carbonyl (C=O) groups excluding carboxylic acids is 2. The number of benzene rings is 2. The molecule has 0 radical (unpaired) electrons. The number of nitrogens with zero attached hydrogens (tertiary/aromatic N) is 2. The van der Waals surface area contributed by atoms with E-state index in [1.165, 1.54) is 5.56 Å². The topological polar surface area (TPSA) is 40.6 Å². The molecule has 0 spiro atoms. The molecule has 0 N–H and O–H groups in total. The van der Waals surface area contributed by atoms with Crippen LogP contribution >= 0.6 is 0 Å². The van der Waals surface area contributed by atoms with Gasteiger partial charge in [-0.15, -0.1) is 0 Å². The van der Waals surface area contributed by atoms with Crippen LogP contribution in [0.15, 0.2) is 48.5 Å². The van der Waals surface area contributed by atoms with Gasteiger partial charge in [0.2, 0.25) is 11.8 Å². The van der Waals surface area contributed by atoms with E-state index in [1.807, 2.05) is 62.4 Å². The molecule has 3 rings (SSSR count). The first kappa shape index (κ1) is 18.2. The van der Waals surface area contributed by atoms with Gasteiger partial charge in [-0.1, -0.05) is 37.3 Å². The summed E-state index contributed by atoms with van der Waals surface area (Å²) in [6, 6.07) is 15.9. The van der Waals surface area contributed by atoms with Gasteiger partial charge >= 0.3 is 0 Å². The van der Waals surface area contributed by atoms with Crippen LogP contribution in [-0.4, -0.2) is 24.9 Å². The van der Waals surface area contributed by atoms with Crippen molar-refractivity contribution in [3.05, 3.63) is 59.7 Å². The van der Waals surface area contributed by atoms with Crippen molar-refractivity contribution in [2.45, 2.75) is 33.6 Å². The molecule has 2 aromatic carbocycles. The summed E-state index contributed by atoms with van der Waals surface area (Å²) in [5.74, 6) is -0.246. The number of carbonyl (C=O) groups is 2. The lowest BCUT2D eigenvalue weighted by molar-refractivity contribution is -0.124. The lowest BCUT2D eigenvalue weighted by Gasteiger charge is -2.26. The Labute approximate surface area is 155 Å². The Hall–Kier alpha value is -2.62. The van der Waals surface area contributed by atoms with E-state index in [9.17, 15) is 9.59 Å². The maximum absolute atomic E-state index is 13.1. The monoisotopic (exact) mass is 350 g/mol. The Bertz CT molecular complexity index is 798. The van der Waals surface area contributed by atoms with Crippen LogP contribution in [0.25, 0.3) is 0 Å². The first-order valence-corrected chi connectivity index (χ1v) is 9.31. The predicted molar refractivity (Wildman–Crippen MR) is 105 cm³/mol. The number of para-hydroxylation sites is 1. The fourth-order valence-electron chi connectivity index (χ4n) is 3.57. The van der Waals surface area contributed by atoms with Gasteiger partial charge in [-0.05, 0) is 49.6 Å². The van der Waals surface area contributed by atoms with E-state index in [1.54, 1.807) is 9.80 Å². The van der Waals surface area contributed by atoms with Gasteiger partial charge in [-0.3, -0.25) is 9.59 Å². The van der Waals surface area contributed by atoms with Crippen LogP contribution in [0.3, 0.4) is 0 Å². The molecule has 0 bridgehead atoms. The zero-order valence-electron chi connectivity index (χ0n) is 15.7. The van der Waals surface area contributed by atoms with Crippen molar-refractivity contribution in [3.8, 4) is 0 Å². The van der Waals surface area contributed by atoms with E-state index < -0.39 is 0 Å². The highest BCUT2D eigenvalue weighted by Gasteiger charge is 2.37. The van der Waals surface area contributed by atoms with Crippen LogP contribution in [-0.2, 0) is 16.0 Å². The first-order chi connectivity index (χ1) is 12.5. The van der Waals surface area contributed by atoms with Crippen LogP contribution in [0.5, 0.6) is 0 Å². The Balaban J connectivity index is 1.78. The third-order valence-corrected chi connectivity index (χ3v) is 5.12. The molecule has 1 aliphatic heterocycles. The summed E-state index contributed by atoms with van der Waals surface area (Å²) in [6.45, 7) is 7.13. The molecule has 2 amide bonds. The third kappa shape index (κ3) is 3.50. The van der Waals surface area contributed by atoms with Gasteiger partial charge in [0.25, 0.3) is 0 Å². The van der Waals surface area contributed by atoms with Crippen molar-refractivity contribution in [1.29, 1.82) is 0 Å². The van der Waals surface area contributed by atoms with E-state index in [-0.39, 0.29) is 24.2 Å². The van der Waals surface area contributed by atoms with Crippen LogP contribution < -0.4 is 9.80 Å². The van der Waals surface area contributed by atoms with Crippen molar-refractivity contribution in [1.82, 2.24) is 0 Å². The number of rotatable bonds is 5. The zero-order valence-corrected chi connectivity index (χ0v) is 15.7. The van der Waals surface area contributed by atoms with Crippen molar-refractivity contribution in [2.75, 3.05) is 22.9 Å². The molecule has 26 heavy (non-hydrogen) atoms. The Morgan fingerprint density at radius 3 is 2.42 bits per heavy atom. The highest BCUT2D eigenvalue weighted by Crippen LogP contribution is 2.29. The molecule has 1 fully saturated rings. The molecule has 0 aromatic heterocycles. The summed E-state index contributed by atoms with van der Waals surface area (Å²) in [6.07, 6.45) is 1.24. The summed E-state index contributed by atoms with van der Waals surface area (Å²) in [4.78, 5) is 29.2. The number of hydrogen-bond acceptors (Lipinski definition) is 2. The molecule has 1 heterocycles. The zero-order chi connectivity index (χ0) is 18.7. The van der Waals surface area contributed by atoms with Gasteiger partial charge in [0.1, 0.15) is 0 Å². The highest BCUT2D eigenvalue weighted by molar-refractivity contribution is 6.04. The van der Waals surface area contributed by atoms with Crippen LogP contribution in [0, 0.1) is 12.8 Å². The van der Waals surface area contributed by atoms with E-state index in [0.29, 0.717) is 13.1 Å². The van der Waals surface area contributed by atoms with Crippen LogP contribution in [0.1, 0.15) is 31.4 Å². The maximum Gasteiger partial charge on any atom is 0.232 e. The molecular weight excluding hydrogens is 324 g/mol. The van der Waals surface area contributed by atoms with Gasteiger partial charge in [-0.2, -0.15) is 0 Å². The molecule has 2 aromatic rings. The lowest BCUT2D eigenvalue weighted by atomic mass is 10.1. The van der Waals surface area contributed by atoms with Crippen molar-refractivity contribution in [3.63, 3.8) is 0 Å². The Morgan fingerprint density at radius 2 is 1.81 bits per heavy atom. The molecule has 4 heteroatoms. The van der Waals surface area contributed by atoms with Gasteiger partial charge in [-0.25, -0.2) is 0 Å². The maximum atomic E-state index is 13.1. The molecule has 1 aliphatic rings. The summed E-state index contributed by atoms with van der Waals surface area (Å²) < 4.78 is 0. The average Bonchev–Trinajstić information content (AvgIpc) is 3.05. The first-order valence-electron chi connectivity index (χ1n) is 9.31. The van der Waals surface area contributed by atoms with E-state index >= 15 is 0 Å². The highest BCUT2D eigenvalue weighted by atomic mass is 16.2. The third-order valence-electron chi connectivity index (χ3n) is 5.12. The molecule has 136 valence electrons. The molecule has 0 unspecified atom stereocenters. The molecule has 4 nitrogen and oxygen atoms in total. The van der Waals surface area contributed by atoms with E-state index in [0.717, 1.165) is 23.4 Å². The van der Waals surface area contributed by atoms with Crippen molar-refractivity contribution in [2.24, 2.45) is 5.92 Å². The molecule has 1 saturated heterocycles. The summed E-state index contributed by atoms with van der Waals surface area (Å²) in [5, 5.41) is 0. The normalized spacial score (nSPS) is 16.8. The standard InChI is InChI=1S/C22H26N2O2/c1-4-17-10-12-19(13-11-17)24-15-18(14-21(24)25)22(26)23(5-2)20-9-7-6-8-16(20)3/h6-13,18H,4-5,14-15H2,1-3H3/t18-/m1/s1. The van der Waals surface area contributed by atoms with E-state index in [4.69, 9.17) is 0 Å².